The number of likely N-dealkylation sites (tertiary alicyclic amines) is 1. The molecule has 2 fully saturated rings. The third-order valence-electron chi connectivity index (χ3n) is 7.42. The lowest BCUT2D eigenvalue weighted by molar-refractivity contribution is -0.143. The van der Waals surface area contributed by atoms with Gasteiger partial charge in [-0.1, -0.05) is 37.8 Å². The second-order valence-electron chi connectivity index (χ2n) is 10.7. The predicted molar refractivity (Wildman–Crippen MR) is 130 cm³/mol. The molecule has 2 aliphatic rings. The van der Waals surface area contributed by atoms with Crippen molar-refractivity contribution in [2.45, 2.75) is 76.4 Å². The average Bonchev–Trinajstić information content (AvgIpc) is 2.74. The molecule has 0 bridgehead atoms. The van der Waals surface area contributed by atoms with Gasteiger partial charge >= 0.3 is 5.97 Å². The van der Waals surface area contributed by atoms with Gasteiger partial charge in [0.25, 0.3) is 0 Å². The third-order valence-corrected chi connectivity index (χ3v) is 10.4. The van der Waals surface area contributed by atoms with Crippen LogP contribution in [0.1, 0.15) is 44.1 Å². The second kappa shape index (κ2) is 9.33. The molecule has 1 aliphatic heterocycles. The van der Waals surface area contributed by atoms with Crippen LogP contribution in [0.15, 0.2) is 36.4 Å². The molecule has 0 amide bonds. The Morgan fingerprint density at radius 2 is 1.61 bits per heavy atom. The van der Waals surface area contributed by atoms with E-state index in [0.717, 1.165) is 43.8 Å². The summed E-state index contributed by atoms with van der Waals surface area (Å²) >= 11 is 0. The van der Waals surface area contributed by atoms with Crippen LogP contribution in [0.5, 0.6) is 5.75 Å². The van der Waals surface area contributed by atoms with Crippen molar-refractivity contribution in [1.82, 2.24) is 4.90 Å². The van der Waals surface area contributed by atoms with E-state index in [1.54, 1.807) is 0 Å². The molecular formula is C26H37NO3Si. The first kappa shape index (κ1) is 22.3. The summed E-state index contributed by atoms with van der Waals surface area (Å²) in [7, 11) is -1.03. The topological polar surface area (TPSA) is 49.8 Å². The minimum atomic E-state index is -1.03. The first-order valence-electron chi connectivity index (χ1n) is 11.9. The number of rotatable bonds is 6. The van der Waals surface area contributed by atoms with Crippen LogP contribution in [-0.4, -0.2) is 43.2 Å². The number of fused-ring (bicyclic) bond motifs is 1. The zero-order chi connectivity index (χ0) is 22.0. The van der Waals surface area contributed by atoms with E-state index in [1.165, 1.54) is 42.0 Å². The summed E-state index contributed by atoms with van der Waals surface area (Å²) in [6.07, 6.45) is 6.88. The maximum absolute atomic E-state index is 11.1. The number of aliphatic carboxylic acids is 1. The normalized spacial score (nSPS) is 23.7. The molecule has 168 valence electrons. The lowest BCUT2D eigenvalue weighted by Gasteiger charge is -2.35. The standard InChI is InChI=1S/C26H37NO3Si/c1-31(2,3)25-10-8-23(9-11-25)30-24-7-6-21-16-19(4-5-22(21)17-24)18-27-14-12-20(13-15-27)26(28)29/h4-7,16-17,20,23,25H,8-15,18H2,1-3H3,(H,28,29). The highest BCUT2D eigenvalue weighted by molar-refractivity contribution is 6.77. The van der Waals surface area contributed by atoms with Gasteiger partial charge in [0.05, 0.1) is 12.0 Å². The maximum atomic E-state index is 11.1. The number of nitrogens with zero attached hydrogens (tertiary/aromatic N) is 1. The van der Waals surface area contributed by atoms with Crippen LogP contribution in [0, 0.1) is 5.92 Å². The zero-order valence-electron chi connectivity index (χ0n) is 19.3. The minimum absolute atomic E-state index is 0.170. The number of piperidine rings is 1. The maximum Gasteiger partial charge on any atom is 0.306 e. The van der Waals surface area contributed by atoms with Gasteiger partial charge in [0, 0.05) is 14.6 Å². The Hall–Kier alpha value is -1.85. The van der Waals surface area contributed by atoms with Crippen LogP contribution in [0.25, 0.3) is 10.8 Å². The van der Waals surface area contributed by atoms with Crippen molar-refractivity contribution in [2.75, 3.05) is 13.1 Å². The number of hydrogen-bond donors (Lipinski definition) is 1. The van der Waals surface area contributed by atoms with E-state index in [4.69, 9.17) is 4.74 Å². The summed E-state index contributed by atoms with van der Waals surface area (Å²) in [5, 5.41) is 11.6. The number of benzene rings is 2. The van der Waals surface area contributed by atoms with E-state index in [-0.39, 0.29) is 5.92 Å². The number of carboxylic acid groups (broad SMARTS) is 1. The Balaban J connectivity index is 1.34. The molecular weight excluding hydrogens is 402 g/mol. The van der Waals surface area contributed by atoms with Crippen molar-refractivity contribution in [3.05, 3.63) is 42.0 Å². The molecule has 1 heterocycles. The summed E-state index contributed by atoms with van der Waals surface area (Å²) in [6, 6.07) is 13.1. The minimum Gasteiger partial charge on any atom is -0.490 e. The molecule has 4 nitrogen and oxygen atoms in total. The van der Waals surface area contributed by atoms with Gasteiger partial charge in [0.2, 0.25) is 0 Å². The van der Waals surface area contributed by atoms with Gasteiger partial charge in [-0.2, -0.15) is 0 Å². The van der Waals surface area contributed by atoms with Gasteiger partial charge in [-0.25, -0.2) is 0 Å². The van der Waals surface area contributed by atoms with Crippen molar-refractivity contribution in [1.29, 1.82) is 0 Å². The smallest absolute Gasteiger partial charge is 0.306 e. The number of carboxylic acids is 1. The fourth-order valence-corrected chi connectivity index (χ4v) is 7.35. The molecule has 1 N–H and O–H groups in total. The lowest BCUT2D eigenvalue weighted by Crippen LogP contribution is -2.35. The summed E-state index contributed by atoms with van der Waals surface area (Å²) in [4.78, 5) is 13.5. The van der Waals surface area contributed by atoms with Crippen LogP contribution in [-0.2, 0) is 11.3 Å². The molecule has 1 aliphatic carbocycles. The van der Waals surface area contributed by atoms with E-state index in [9.17, 15) is 9.90 Å². The van der Waals surface area contributed by atoms with Gasteiger partial charge in [0.15, 0.2) is 0 Å². The van der Waals surface area contributed by atoms with Gasteiger partial charge in [-0.05, 0) is 91.7 Å². The zero-order valence-corrected chi connectivity index (χ0v) is 20.3. The summed E-state index contributed by atoms with van der Waals surface area (Å²) < 4.78 is 6.36. The van der Waals surface area contributed by atoms with Gasteiger partial charge < -0.3 is 9.84 Å². The Morgan fingerprint density at radius 1 is 0.968 bits per heavy atom. The number of carbonyl (C=O) groups is 1. The van der Waals surface area contributed by atoms with Crippen LogP contribution >= 0.6 is 0 Å². The van der Waals surface area contributed by atoms with Gasteiger partial charge in [-0.15, -0.1) is 0 Å². The molecule has 2 aromatic rings. The predicted octanol–water partition coefficient (Wildman–Crippen LogP) is 6.17. The average molecular weight is 440 g/mol. The van der Waals surface area contributed by atoms with Crippen LogP contribution in [0.4, 0.5) is 0 Å². The van der Waals surface area contributed by atoms with E-state index < -0.39 is 14.0 Å². The molecule has 1 saturated heterocycles. The Bertz CT molecular complexity index is 906. The summed E-state index contributed by atoms with van der Waals surface area (Å²) in [5.41, 5.74) is 2.23. The Kier molecular flexibility index (Phi) is 6.73. The Labute approximate surface area is 187 Å². The highest BCUT2D eigenvalue weighted by atomic mass is 28.3. The quantitative estimate of drug-likeness (QED) is 0.547. The van der Waals surface area contributed by atoms with E-state index >= 15 is 0 Å². The highest BCUT2D eigenvalue weighted by Crippen LogP contribution is 2.38. The van der Waals surface area contributed by atoms with Gasteiger partial charge in [0.1, 0.15) is 5.75 Å². The molecule has 0 radical (unpaired) electrons. The van der Waals surface area contributed by atoms with Gasteiger partial charge in [-0.3, -0.25) is 9.69 Å². The molecule has 2 aromatic carbocycles. The van der Waals surface area contributed by atoms with Crippen molar-refractivity contribution < 1.29 is 14.6 Å². The molecule has 0 atom stereocenters. The molecule has 0 unspecified atom stereocenters. The van der Waals surface area contributed by atoms with E-state index in [2.05, 4.69) is 60.9 Å². The highest BCUT2D eigenvalue weighted by Gasteiger charge is 2.31. The van der Waals surface area contributed by atoms with E-state index in [1.807, 2.05) is 0 Å². The summed E-state index contributed by atoms with van der Waals surface area (Å²) in [6.45, 7) is 10.1. The second-order valence-corrected chi connectivity index (χ2v) is 16.2. The third kappa shape index (κ3) is 5.69. The monoisotopic (exact) mass is 439 g/mol. The molecule has 31 heavy (non-hydrogen) atoms. The molecule has 0 aromatic heterocycles. The van der Waals surface area contributed by atoms with Crippen molar-refractivity contribution in [3.63, 3.8) is 0 Å². The van der Waals surface area contributed by atoms with E-state index in [0.29, 0.717) is 6.10 Å². The first-order chi connectivity index (χ1) is 14.8. The van der Waals surface area contributed by atoms with Crippen molar-refractivity contribution in [3.8, 4) is 5.75 Å². The van der Waals surface area contributed by atoms with Crippen LogP contribution in [0.3, 0.4) is 0 Å². The SMILES string of the molecule is C[Si](C)(C)C1CCC(Oc2ccc3cc(CN4CCC(C(=O)O)CC4)ccc3c2)CC1. The Morgan fingerprint density at radius 3 is 2.26 bits per heavy atom. The van der Waals surface area contributed by atoms with Crippen molar-refractivity contribution >= 4 is 24.8 Å². The van der Waals surface area contributed by atoms with Crippen LogP contribution in [0.2, 0.25) is 25.2 Å². The van der Waals surface area contributed by atoms with Crippen molar-refractivity contribution in [2.24, 2.45) is 5.92 Å². The van der Waals surface area contributed by atoms with Crippen LogP contribution < -0.4 is 4.74 Å². The molecule has 5 heteroatoms. The molecule has 0 spiro atoms. The fourth-order valence-electron chi connectivity index (χ4n) is 5.28. The number of hydrogen-bond acceptors (Lipinski definition) is 3. The summed E-state index contributed by atoms with van der Waals surface area (Å²) in [5.74, 6) is 0.178. The fraction of sp³-hybridized carbons (Fsp3) is 0.577. The number of ether oxygens (including phenoxy) is 1. The lowest BCUT2D eigenvalue weighted by atomic mass is 9.96. The largest absolute Gasteiger partial charge is 0.490 e. The first-order valence-corrected chi connectivity index (χ1v) is 15.5. The molecule has 4 rings (SSSR count). The molecule has 1 saturated carbocycles.